The highest BCUT2D eigenvalue weighted by Crippen LogP contribution is 2.33. The van der Waals surface area contributed by atoms with Crippen LogP contribution in [-0.4, -0.2) is 50.3 Å². The van der Waals surface area contributed by atoms with Crippen molar-refractivity contribution in [2.45, 2.75) is 45.3 Å². The summed E-state index contributed by atoms with van der Waals surface area (Å²) in [7, 11) is 2.01. The van der Waals surface area contributed by atoms with E-state index in [1.165, 1.54) is 19.3 Å². The van der Waals surface area contributed by atoms with Gasteiger partial charge in [-0.25, -0.2) is 0 Å². The van der Waals surface area contributed by atoms with E-state index in [4.69, 9.17) is 4.74 Å². The van der Waals surface area contributed by atoms with Gasteiger partial charge in [-0.3, -0.25) is 4.90 Å². The zero-order valence-corrected chi connectivity index (χ0v) is 11.6. The molecule has 0 aromatic carbocycles. The summed E-state index contributed by atoms with van der Waals surface area (Å²) in [5, 5.41) is 3.23. The van der Waals surface area contributed by atoms with Gasteiger partial charge in [0.05, 0.1) is 12.7 Å². The van der Waals surface area contributed by atoms with Crippen molar-refractivity contribution in [1.82, 2.24) is 10.2 Å². The average Bonchev–Trinajstić information content (AvgIpc) is 2.33. The first-order valence-electron chi connectivity index (χ1n) is 7.22. The topological polar surface area (TPSA) is 24.5 Å². The van der Waals surface area contributed by atoms with Crippen LogP contribution in [0, 0.1) is 11.8 Å². The normalized spacial score (nSPS) is 40.4. The molecule has 4 unspecified atom stereocenters. The third kappa shape index (κ3) is 3.21. The van der Waals surface area contributed by atoms with E-state index in [1.807, 2.05) is 7.05 Å². The molecule has 3 nitrogen and oxygen atoms in total. The Hall–Kier alpha value is -0.120. The molecule has 2 fully saturated rings. The molecule has 0 amide bonds. The smallest absolute Gasteiger partial charge is 0.0826 e. The highest BCUT2D eigenvalue weighted by Gasteiger charge is 2.33. The van der Waals surface area contributed by atoms with Gasteiger partial charge in [0.2, 0.25) is 0 Å². The van der Waals surface area contributed by atoms with Crippen LogP contribution in [0.25, 0.3) is 0 Å². The maximum Gasteiger partial charge on any atom is 0.0826 e. The van der Waals surface area contributed by atoms with E-state index in [0.717, 1.165) is 44.1 Å². The van der Waals surface area contributed by atoms with Crippen molar-refractivity contribution < 1.29 is 4.74 Å². The Kier molecular flexibility index (Phi) is 4.83. The predicted molar refractivity (Wildman–Crippen MR) is 71.2 cm³/mol. The molecule has 17 heavy (non-hydrogen) atoms. The molecule has 1 aliphatic carbocycles. The van der Waals surface area contributed by atoms with E-state index in [2.05, 4.69) is 24.1 Å². The Morgan fingerprint density at radius 3 is 2.88 bits per heavy atom. The lowest BCUT2D eigenvalue weighted by Gasteiger charge is -2.45. The van der Waals surface area contributed by atoms with Crippen LogP contribution in [0.5, 0.6) is 0 Å². The highest BCUT2D eigenvalue weighted by molar-refractivity contribution is 4.87. The number of ether oxygens (including phenoxy) is 1. The number of likely N-dealkylation sites (N-methyl/N-ethyl adjacent to an activating group) is 1. The highest BCUT2D eigenvalue weighted by atomic mass is 16.5. The third-order valence-corrected chi connectivity index (χ3v) is 4.73. The summed E-state index contributed by atoms with van der Waals surface area (Å²) in [6.07, 6.45) is 4.60. The maximum absolute atomic E-state index is 5.80. The molecule has 1 aliphatic heterocycles. The Labute approximate surface area is 106 Å². The predicted octanol–water partition coefficient (Wildman–Crippen LogP) is 1.73. The largest absolute Gasteiger partial charge is 0.374 e. The van der Waals surface area contributed by atoms with Crippen LogP contribution in [0.3, 0.4) is 0 Å². The minimum atomic E-state index is 0.387. The van der Waals surface area contributed by atoms with Gasteiger partial charge in [0.15, 0.2) is 0 Å². The van der Waals surface area contributed by atoms with Crippen LogP contribution < -0.4 is 5.32 Å². The second-order valence-corrected chi connectivity index (χ2v) is 5.88. The lowest BCUT2D eigenvalue weighted by Crippen LogP contribution is -2.53. The molecule has 4 atom stereocenters. The summed E-state index contributed by atoms with van der Waals surface area (Å²) in [6.45, 7) is 8.99. The van der Waals surface area contributed by atoms with Crippen molar-refractivity contribution in [3.05, 3.63) is 0 Å². The van der Waals surface area contributed by atoms with Crippen LogP contribution >= 0.6 is 0 Å². The van der Waals surface area contributed by atoms with Gasteiger partial charge in [0.25, 0.3) is 0 Å². The summed E-state index contributed by atoms with van der Waals surface area (Å²) >= 11 is 0. The van der Waals surface area contributed by atoms with Crippen molar-refractivity contribution in [2.75, 3.05) is 33.3 Å². The minimum Gasteiger partial charge on any atom is -0.374 e. The average molecular weight is 240 g/mol. The number of rotatable bonds is 3. The van der Waals surface area contributed by atoms with E-state index in [0.29, 0.717) is 6.10 Å². The van der Waals surface area contributed by atoms with Gasteiger partial charge in [-0.15, -0.1) is 0 Å². The van der Waals surface area contributed by atoms with Crippen molar-refractivity contribution in [3.63, 3.8) is 0 Å². The summed E-state index contributed by atoms with van der Waals surface area (Å²) < 4.78 is 5.80. The van der Waals surface area contributed by atoms with E-state index in [9.17, 15) is 0 Å². The van der Waals surface area contributed by atoms with Crippen molar-refractivity contribution in [3.8, 4) is 0 Å². The van der Waals surface area contributed by atoms with Crippen LogP contribution in [0.4, 0.5) is 0 Å². The molecule has 0 spiro atoms. The second-order valence-electron chi connectivity index (χ2n) is 5.88. The van der Waals surface area contributed by atoms with Crippen LogP contribution in [0.15, 0.2) is 0 Å². The van der Waals surface area contributed by atoms with Gasteiger partial charge < -0.3 is 10.1 Å². The zero-order valence-electron chi connectivity index (χ0n) is 11.6. The zero-order chi connectivity index (χ0) is 12.3. The first-order valence-corrected chi connectivity index (χ1v) is 7.22. The molecule has 1 saturated carbocycles. The molecular formula is C14H28N2O. The summed E-state index contributed by atoms with van der Waals surface area (Å²) in [5.41, 5.74) is 0. The molecule has 0 aromatic rings. The van der Waals surface area contributed by atoms with Gasteiger partial charge in [0.1, 0.15) is 0 Å². The minimum absolute atomic E-state index is 0.387. The molecule has 1 saturated heterocycles. The quantitative estimate of drug-likeness (QED) is 0.813. The molecule has 1 N–H and O–H groups in total. The summed E-state index contributed by atoms with van der Waals surface area (Å²) in [5.74, 6) is 1.73. The molecular weight excluding hydrogens is 212 g/mol. The van der Waals surface area contributed by atoms with E-state index >= 15 is 0 Å². The Bertz CT molecular complexity index is 232. The maximum atomic E-state index is 5.80. The Balaban J connectivity index is 1.91. The summed E-state index contributed by atoms with van der Waals surface area (Å²) in [4.78, 5) is 2.69. The first kappa shape index (κ1) is 13.3. The van der Waals surface area contributed by atoms with Gasteiger partial charge >= 0.3 is 0 Å². The Morgan fingerprint density at radius 2 is 2.12 bits per heavy atom. The van der Waals surface area contributed by atoms with Gasteiger partial charge in [-0.1, -0.05) is 26.7 Å². The summed E-state index contributed by atoms with van der Waals surface area (Å²) in [6, 6.07) is 0.794. The fraction of sp³-hybridized carbons (Fsp3) is 1.00. The van der Waals surface area contributed by atoms with E-state index in [1.54, 1.807) is 0 Å². The third-order valence-electron chi connectivity index (χ3n) is 4.73. The fourth-order valence-electron chi connectivity index (χ4n) is 3.46. The van der Waals surface area contributed by atoms with Crippen LogP contribution in [-0.2, 0) is 4.74 Å². The van der Waals surface area contributed by atoms with Crippen molar-refractivity contribution in [1.29, 1.82) is 0 Å². The van der Waals surface area contributed by atoms with Crippen LogP contribution in [0.1, 0.15) is 33.1 Å². The molecule has 0 radical (unpaired) electrons. The van der Waals surface area contributed by atoms with Crippen molar-refractivity contribution >= 4 is 0 Å². The molecule has 100 valence electrons. The fourth-order valence-corrected chi connectivity index (χ4v) is 3.46. The van der Waals surface area contributed by atoms with Gasteiger partial charge in [-0.05, 0) is 25.3 Å². The second kappa shape index (κ2) is 6.17. The number of nitrogens with zero attached hydrogens (tertiary/aromatic N) is 1. The number of hydrogen-bond acceptors (Lipinski definition) is 3. The molecule has 1 heterocycles. The van der Waals surface area contributed by atoms with E-state index < -0.39 is 0 Å². The number of nitrogens with one attached hydrogen (secondary N) is 1. The van der Waals surface area contributed by atoms with Crippen molar-refractivity contribution in [2.24, 2.45) is 11.8 Å². The SMILES string of the molecule is CNCC1CN(C2CCCC(C)C2C)CCO1. The molecule has 3 heteroatoms. The lowest BCUT2D eigenvalue weighted by molar-refractivity contribution is -0.0595. The monoisotopic (exact) mass is 240 g/mol. The molecule has 2 aliphatic rings. The molecule has 0 aromatic heterocycles. The molecule has 2 rings (SSSR count). The van der Waals surface area contributed by atoms with E-state index in [-0.39, 0.29) is 0 Å². The Morgan fingerprint density at radius 1 is 1.29 bits per heavy atom. The lowest BCUT2D eigenvalue weighted by atomic mass is 9.77. The number of hydrogen-bond donors (Lipinski definition) is 1. The molecule has 0 bridgehead atoms. The first-order chi connectivity index (χ1) is 8.22. The van der Waals surface area contributed by atoms with Gasteiger partial charge in [0, 0.05) is 25.7 Å². The van der Waals surface area contributed by atoms with Gasteiger partial charge in [-0.2, -0.15) is 0 Å². The standard InChI is InChI=1S/C14H28N2O/c1-11-5-4-6-14(12(11)2)16-7-8-17-13(10-16)9-15-3/h11-15H,4-10H2,1-3H3. The number of morpholine rings is 1. The van der Waals surface area contributed by atoms with Crippen LogP contribution in [0.2, 0.25) is 0 Å².